The van der Waals surface area contributed by atoms with Crippen LogP contribution in [-0.4, -0.2) is 9.97 Å². The normalized spacial score (nSPS) is 11.1. The Balaban J connectivity index is 2.19. The highest BCUT2D eigenvalue weighted by molar-refractivity contribution is 6.31. The van der Waals surface area contributed by atoms with Crippen LogP contribution in [0.25, 0.3) is 22.4 Å². The SMILES string of the molecule is Cc1cc(-c2cc3cc(Cl)ccc3o2)nc(Cl)n1. The van der Waals surface area contributed by atoms with Gasteiger partial charge in [0.25, 0.3) is 0 Å². The molecule has 0 aliphatic carbocycles. The lowest BCUT2D eigenvalue weighted by atomic mass is 10.2. The van der Waals surface area contributed by atoms with Gasteiger partial charge < -0.3 is 4.42 Å². The second kappa shape index (κ2) is 4.26. The Labute approximate surface area is 113 Å². The fourth-order valence-corrected chi connectivity index (χ4v) is 2.20. The largest absolute Gasteiger partial charge is 0.454 e. The summed E-state index contributed by atoms with van der Waals surface area (Å²) in [4.78, 5) is 8.17. The maximum Gasteiger partial charge on any atom is 0.223 e. The maximum atomic E-state index is 5.94. The summed E-state index contributed by atoms with van der Waals surface area (Å²) in [6.45, 7) is 1.86. The number of hydrogen-bond donors (Lipinski definition) is 0. The van der Waals surface area contributed by atoms with E-state index in [9.17, 15) is 0 Å². The van der Waals surface area contributed by atoms with Gasteiger partial charge in [-0.15, -0.1) is 0 Å². The van der Waals surface area contributed by atoms with Crippen molar-refractivity contribution >= 4 is 34.2 Å². The minimum absolute atomic E-state index is 0.212. The highest BCUT2D eigenvalue weighted by Gasteiger charge is 2.09. The highest BCUT2D eigenvalue weighted by atomic mass is 35.5. The summed E-state index contributed by atoms with van der Waals surface area (Å²) in [7, 11) is 0. The van der Waals surface area contributed by atoms with Crippen LogP contribution in [0.2, 0.25) is 10.3 Å². The average Bonchev–Trinajstić information content (AvgIpc) is 2.70. The fraction of sp³-hybridized carbons (Fsp3) is 0.0769. The van der Waals surface area contributed by atoms with Crippen LogP contribution < -0.4 is 0 Å². The molecule has 2 heterocycles. The van der Waals surface area contributed by atoms with Crippen LogP contribution in [0.15, 0.2) is 34.7 Å². The summed E-state index contributed by atoms with van der Waals surface area (Å²) in [5.74, 6) is 0.652. The molecule has 90 valence electrons. The molecule has 0 aliphatic rings. The Morgan fingerprint density at radius 2 is 1.89 bits per heavy atom. The predicted molar refractivity (Wildman–Crippen MR) is 72.0 cm³/mol. The number of rotatable bonds is 1. The van der Waals surface area contributed by atoms with Crippen molar-refractivity contribution in [1.29, 1.82) is 0 Å². The van der Waals surface area contributed by atoms with E-state index in [4.69, 9.17) is 27.6 Å². The van der Waals surface area contributed by atoms with Gasteiger partial charge in [-0.05, 0) is 48.9 Å². The van der Waals surface area contributed by atoms with Crippen LogP contribution in [0, 0.1) is 6.92 Å². The molecule has 0 unspecified atom stereocenters. The van der Waals surface area contributed by atoms with Gasteiger partial charge >= 0.3 is 0 Å². The Bertz CT molecular complexity index is 717. The first-order valence-electron chi connectivity index (χ1n) is 5.32. The second-order valence-electron chi connectivity index (χ2n) is 3.96. The summed E-state index contributed by atoms with van der Waals surface area (Å²) < 4.78 is 5.71. The number of nitrogens with zero attached hydrogens (tertiary/aromatic N) is 2. The molecular weight excluding hydrogens is 271 g/mol. The van der Waals surface area contributed by atoms with Gasteiger partial charge in [0.1, 0.15) is 11.3 Å². The van der Waals surface area contributed by atoms with E-state index < -0.39 is 0 Å². The molecule has 18 heavy (non-hydrogen) atoms. The van der Waals surface area contributed by atoms with E-state index in [-0.39, 0.29) is 5.28 Å². The minimum atomic E-state index is 0.212. The van der Waals surface area contributed by atoms with Gasteiger partial charge in [-0.3, -0.25) is 0 Å². The molecule has 0 radical (unpaired) electrons. The van der Waals surface area contributed by atoms with Crippen molar-refractivity contribution < 1.29 is 4.42 Å². The summed E-state index contributed by atoms with van der Waals surface area (Å²) >= 11 is 11.8. The fourth-order valence-electron chi connectivity index (χ4n) is 1.80. The maximum absolute atomic E-state index is 5.94. The minimum Gasteiger partial charge on any atom is -0.454 e. The number of fused-ring (bicyclic) bond motifs is 1. The van der Waals surface area contributed by atoms with Crippen LogP contribution >= 0.6 is 23.2 Å². The Morgan fingerprint density at radius 1 is 1.06 bits per heavy atom. The first kappa shape index (κ1) is 11.5. The van der Waals surface area contributed by atoms with Crippen molar-refractivity contribution in [2.45, 2.75) is 6.92 Å². The van der Waals surface area contributed by atoms with Crippen molar-refractivity contribution in [3.05, 3.63) is 46.3 Å². The zero-order chi connectivity index (χ0) is 12.7. The molecule has 5 heteroatoms. The predicted octanol–water partition coefficient (Wildman–Crippen LogP) is 4.51. The Hall–Kier alpha value is -1.58. The van der Waals surface area contributed by atoms with Gasteiger partial charge in [0.15, 0.2) is 5.76 Å². The van der Waals surface area contributed by atoms with Gasteiger partial charge in [0, 0.05) is 16.1 Å². The van der Waals surface area contributed by atoms with Crippen molar-refractivity contribution in [2.75, 3.05) is 0 Å². The smallest absolute Gasteiger partial charge is 0.223 e. The lowest BCUT2D eigenvalue weighted by Crippen LogP contribution is -1.89. The van der Waals surface area contributed by atoms with Crippen molar-refractivity contribution in [3.8, 4) is 11.5 Å². The van der Waals surface area contributed by atoms with Gasteiger partial charge in [-0.2, -0.15) is 0 Å². The van der Waals surface area contributed by atoms with Crippen LogP contribution in [-0.2, 0) is 0 Å². The van der Waals surface area contributed by atoms with Gasteiger partial charge in [0.2, 0.25) is 5.28 Å². The molecule has 3 aromatic rings. The average molecular weight is 279 g/mol. The quantitative estimate of drug-likeness (QED) is 0.615. The third-order valence-electron chi connectivity index (χ3n) is 2.56. The molecule has 0 saturated heterocycles. The van der Waals surface area contributed by atoms with Gasteiger partial charge in [-0.25, -0.2) is 9.97 Å². The van der Waals surface area contributed by atoms with E-state index in [1.54, 1.807) is 6.07 Å². The van der Waals surface area contributed by atoms with Crippen LogP contribution in [0.5, 0.6) is 0 Å². The number of aryl methyl sites for hydroxylation is 1. The molecule has 0 N–H and O–H groups in total. The van der Waals surface area contributed by atoms with E-state index in [2.05, 4.69) is 9.97 Å². The van der Waals surface area contributed by atoms with Crippen molar-refractivity contribution in [3.63, 3.8) is 0 Å². The standard InChI is InChI=1S/C13H8Cl2N2O/c1-7-4-10(17-13(15)16-7)12-6-8-5-9(14)2-3-11(8)18-12/h2-6H,1H3. The van der Waals surface area contributed by atoms with E-state index in [1.165, 1.54) is 0 Å². The number of furan rings is 1. The molecule has 1 aromatic carbocycles. The molecule has 3 rings (SSSR count). The van der Waals surface area contributed by atoms with E-state index >= 15 is 0 Å². The first-order valence-corrected chi connectivity index (χ1v) is 6.08. The van der Waals surface area contributed by atoms with Crippen molar-refractivity contribution in [1.82, 2.24) is 9.97 Å². The molecule has 0 fully saturated rings. The summed E-state index contributed by atoms with van der Waals surface area (Å²) in [5.41, 5.74) is 2.23. The van der Waals surface area contributed by atoms with Crippen LogP contribution in [0.3, 0.4) is 0 Å². The monoisotopic (exact) mass is 278 g/mol. The lowest BCUT2D eigenvalue weighted by Gasteiger charge is -1.98. The lowest BCUT2D eigenvalue weighted by molar-refractivity contribution is 0.628. The molecule has 0 bridgehead atoms. The zero-order valence-corrected chi connectivity index (χ0v) is 11.0. The van der Waals surface area contributed by atoms with Gasteiger partial charge in [0.05, 0.1) is 0 Å². The summed E-state index contributed by atoms with van der Waals surface area (Å²) in [5, 5.41) is 1.82. The molecule has 0 amide bonds. The molecular formula is C13H8Cl2N2O. The Morgan fingerprint density at radius 3 is 2.67 bits per heavy atom. The first-order chi connectivity index (χ1) is 8.61. The van der Waals surface area contributed by atoms with E-state index in [1.807, 2.05) is 31.2 Å². The molecule has 2 aromatic heterocycles. The Kier molecular flexibility index (Phi) is 2.73. The molecule has 0 spiro atoms. The molecule has 0 aliphatic heterocycles. The molecule has 0 saturated carbocycles. The number of aromatic nitrogens is 2. The topological polar surface area (TPSA) is 38.9 Å². The van der Waals surface area contributed by atoms with Crippen LogP contribution in [0.4, 0.5) is 0 Å². The third-order valence-corrected chi connectivity index (χ3v) is 2.96. The van der Waals surface area contributed by atoms with Gasteiger partial charge in [-0.1, -0.05) is 11.6 Å². The zero-order valence-electron chi connectivity index (χ0n) is 9.45. The number of halogens is 2. The summed E-state index contributed by atoms with van der Waals surface area (Å²) in [6.07, 6.45) is 0. The molecule has 0 atom stereocenters. The number of benzene rings is 1. The third kappa shape index (κ3) is 2.07. The summed E-state index contributed by atoms with van der Waals surface area (Å²) in [6, 6.07) is 9.18. The van der Waals surface area contributed by atoms with E-state index in [0.29, 0.717) is 16.5 Å². The van der Waals surface area contributed by atoms with Crippen molar-refractivity contribution in [2.24, 2.45) is 0 Å². The van der Waals surface area contributed by atoms with Crippen LogP contribution in [0.1, 0.15) is 5.69 Å². The second-order valence-corrected chi connectivity index (χ2v) is 4.73. The van der Waals surface area contributed by atoms with E-state index in [0.717, 1.165) is 16.7 Å². The molecule has 3 nitrogen and oxygen atoms in total. The highest BCUT2D eigenvalue weighted by Crippen LogP contribution is 2.29. The number of hydrogen-bond acceptors (Lipinski definition) is 3.